The zero-order chi connectivity index (χ0) is 23.4. The van der Waals surface area contributed by atoms with Crippen LogP contribution in [-0.4, -0.2) is 46.6 Å². The maximum atomic E-state index is 12.7. The first-order valence-electron chi connectivity index (χ1n) is 10.5. The first-order chi connectivity index (χ1) is 15.9. The summed E-state index contributed by atoms with van der Waals surface area (Å²) in [6.45, 7) is 2.27. The third kappa shape index (κ3) is 5.53. The molecule has 0 unspecified atom stereocenters. The molecular weight excluding hydrogens is 554 g/mol. The van der Waals surface area contributed by atoms with Crippen molar-refractivity contribution < 1.29 is 9.59 Å². The molecule has 1 aromatic carbocycles. The van der Waals surface area contributed by atoms with Crippen LogP contribution < -0.4 is 21.3 Å². The minimum atomic E-state index is -0.331. The lowest BCUT2D eigenvalue weighted by Crippen LogP contribution is -2.39. The van der Waals surface area contributed by atoms with Gasteiger partial charge in [0.15, 0.2) is 5.82 Å². The van der Waals surface area contributed by atoms with Gasteiger partial charge in [-0.05, 0) is 74.9 Å². The van der Waals surface area contributed by atoms with Crippen LogP contribution in [0.1, 0.15) is 33.7 Å². The number of piperidine rings is 1. The Hall–Kier alpha value is -2.92. The number of aromatic nitrogens is 3. The SMILES string of the molecule is Nc1cccc(N2CCC(CNC(=O)c3[nH]nc(NC(=O)c4ccccc4Br)c3Br)CC2)n1. The van der Waals surface area contributed by atoms with Crippen LogP contribution in [0.3, 0.4) is 0 Å². The Balaban J connectivity index is 1.29. The van der Waals surface area contributed by atoms with Gasteiger partial charge >= 0.3 is 0 Å². The number of anilines is 3. The van der Waals surface area contributed by atoms with E-state index in [4.69, 9.17) is 5.73 Å². The Kier molecular flexibility index (Phi) is 7.29. The molecule has 0 spiro atoms. The molecule has 1 saturated heterocycles. The number of carbonyl (C=O) groups is 2. The highest BCUT2D eigenvalue weighted by atomic mass is 79.9. The first-order valence-corrected chi connectivity index (χ1v) is 12.1. The number of rotatable bonds is 6. The Labute approximate surface area is 207 Å². The zero-order valence-corrected chi connectivity index (χ0v) is 20.8. The fourth-order valence-electron chi connectivity index (χ4n) is 3.69. The number of halogens is 2. The van der Waals surface area contributed by atoms with Gasteiger partial charge in [-0.25, -0.2) is 4.98 Å². The van der Waals surface area contributed by atoms with Crippen LogP contribution in [0.25, 0.3) is 0 Å². The molecule has 3 aromatic rings. The molecule has 2 aromatic heterocycles. The summed E-state index contributed by atoms with van der Waals surface area (Å²) in [6.07, 6.45) is 1.88. The highest BCUT2D eigenvalue weighted by molar-refractivity contribution is 9.11. The molecule has 0 aliphatic carbocycles. The maximum absolute atomic E-state index is 12.7. The topological polar surface area (TPSA) is 129 Å². The number of nitrogen functional groups attached to an aromatic ring is 1. The summed E-state index contributed by atoms with van der Waals surface area (Å²) in [5.74, 6) is 1.40. The molecule has 0 radical (unpaired) electrons. The number of benzene rings is 1. The number of pyridine rings is 1. The van der Waals surface area contributed by atoms with E-state index in [1.165, 1.54) is 0 Å². The van der Waals surface area contributed by atoms with E-state index in [-0.39, 0.29) is 23.3 Å². The average molecular weight is 577 g/mol. The van der Waals surface area contributed by atoms with E-state index < -0.39 is 0 Å². The van der Waals surface area contributed by atoms with Gasteiger partial charge in [0.25, 0.3) is 11.8 Å². The number of carbonyl (C=O) groups excluding carboxylic acids is 2. The van der Waals surface area contributed by atoms with Crippen LogP contribution in [0.15, 0.2) is 51.4 Å². The van der Waals surface area contributed by atoms with E-state index in [0.29, 0.717) is 32.8 Å². The van der Waals surface area contributed by atoms with Crippen LogP contribution in [0, 0.1) is 5.92 Å². The highest BCUT2D eigenvalue weighted by Crippen LogP contribution is 2.26. The van der Waals surface area contributed by atoms with Crippen LogP contribution in [0.4, 0.5) is 17.5 Å². The highest BCUT2D eigenvalue weighted by Gasteiger charge is 2.23. The van der Waals surface area contributed by atoms with E-state index in [1.807, 2.05) is 18.2 Å². The molecule has 5 N–H and O–H groups in total. The Morgan fingerprint density at radius 3 is 2.58 bits per heavy atom. The minimum absolute atomic E-state index is 0.254. The molecular formula is C22H23Br2N7O2. The predicted molar refractivity (Wildman–Crippen MR) is 134 cm³/mol. The number of H-pyrrole nitrogens is 1. The van der Waals surface area contributed by atoms with Gasteiger partial charge in [-0.2, -0.15) is 5.10 Å². The molecule has 1 aliphatic heterocycles. The molecule has 11 heteroatoms. The Bertz CT molecular complexity index is 1160. The van der Waals surface area contributed by atoms with Gasteiger partial charge in [-0.1, -0.05) is 18.2 Å². The smallest absolute Gasteiger partial charge is 0.270 e. The summed E-state index contributed by atoms with van der Waals surface area (Å²) in [7, 11) is 0. The van der Waals surface area contributed by atoms with Crippen LogP contribution in [0.2, 0.25) is 0 Å². The summed E-state index contributed by atoms with van der Waals surface area (Å²) in [5.41, 5.74) is 6.52. The second-order valence-electron chi connectivity index (χ2n) is 7.76. The van der Waals surface area contributed by atoms with Crippen molar-refractivity contribution in [2.45, 2.75) is 12.8 Å². The lowest BCUT2D eigenvalue weighted by atomic mass is 9.96. The van der Waals surface area contributed by atoms with E-state index in [2.05, 4.69) is 62.6 Å². The second kappa shape index (κ2) is 10.3. The van der Waals surface area contributed by atoms with Crippen LogP contribution in [-0.2, 0) is 0 Å². The van der Waals surface area contributed by atoms with Crippen molar-refractivity contribution in [2.75, 3.05) is 35.6 Å². The fraction of sp³-hybridized carbons (Fsp3) is 0.273. The van der Waals surface area contributed by atoms with E-state index >= 15 is 0 Å². The molecule has 172 valence electrons. The number of hydrogen-bond donors (Lipinski definition) is 4. The largest absolute Gasteiger partial charge is 0.384 e. The minimum Gasteiger partial charge on any atom is -0.384 e. The van der Waals surface area contributed by atoms with Crippen molar-refractivity contribution in [3.63, 3.8) is 0 Å². The maximum Gasteiger partial charge on any atom is 0.270 e. The quantitative estimate of drug-likeness (QED) is 0.353. The summed E-state index contributed by atoms with van der Waals surface area (Å²) in [6, 6.07) is 12.7. The Morgan fingerprint density at radius 1 is 1.09 bits per heavy atom. The molecule has 0 bridgehead atoms. The van der Waals surface area contributed by atoms with Crippen LogP contribution in [0.5, 0.6) is 0 Å². The zero-order valence-electron chi connectivity index (χ0n) is 17.6. The van der Waals surface area contributed by atoms with Gasteiger partial charge in [0.2, 0.25) is 0 Å². The van der Waals surface area contributed by atoms with Crippen molar-refractivity contribution in [3.8, 4) is 0 Å². The molecule has 1 aliphatic rings. The molecule has 1 fully saturated rings. The lowest BCUT2D eigenvalue weighted by molar-refractivity contribution is 0.0938. The summed E-state index contributed by atoms with van der Waals surface area (Å²) in [5, 5.41) is 12.5. The second-order valence-corrected chi connectivity index (χ2v) is 9.40. The molecule has 2 amide bonds. The van der Waals surface area contributed by atoms with Gasteiger partial charge < -0.3 is 21.3 Å². The van der Waals surface area contributed by atoms with E-state index in [9.17, 15) is 9.59 Å². The molecule has 0 atom stereocenters. The molecule has 9 nitrogen and oxygen atoms in total. The first kappa shape index (κ1) is 23.2. The molecule has 33 heavy (non-hydrogen) atoms. The van der Waals surface area contributed by atoms with Gasteiger partial charge in [0.05, 0.1) is 10.0 Å². The number of nitrogens with one attached hydrogen (secondary N) is 3. The van der Waals surface area contributed by atoms with Crippen molar-refractivity contribution in [3.05, 3.63) is 62.7 Å². The molecule has 4 rings (SSSR count). The van der Waals surface area contributed by atoms with Gasteiger partial charge in [-0.15, -0.1) is 0 Å². The number of hydrogen-bond acceptors (Lipinski definition) is 6. The van der Waals surface area contributed by atoms with E-state index in [1.54, 1.807) is 24.3 Å². The predicted octanol–water partition coefficient (Wildman–Crippen LogP) is 3.81. The van der Waals surface area contributed by atoms with Crippen molar-refractivity contribution in [1.29, 1.82) is 0 Å². The standard InChI is InChI=1S/C22H23Br2N7O2/c23-15-5-2-1-4-14(15)21(32)28-20-18(24)19(29-30-20)22(33)26-12-13-8-10-31(11-9-13)17-7-3-6-16(25)27-17/h1-7,13H,8-12H2,(H2,25,27)(H,26,33)(H2,28,29,30,32). The van der Waals surface area contributed by atoms with Gasteiger partial charge in [0.1, 0.15) is 17.3 Å². The average Bonchev–Trinajstić information content (AvgIpc) is 3.18. The number of amides is 2. The number of nitrogens with two attached hydrogens (primary N) is 1. The van der Waals surface area contributed by atoms with Gasteiger partial charge in [0, 0.05) is 24.1 Å². The molecule has 0 saturated carbocycles. The lowest BCUT2D eigenvalue weighted by Gasteiger charge is -2.32. The van der Waals surface area contributed by atoms with Crippen molar-refractivity contribution in [2.24, 2.45) is 5.92 Å². The third-order valence-corrected chi connectivity index (χ3v) is 6.99. The Morgan fingerprint density at radius 2 is 1.85 bits per heavy atom. The number of aromatic amines is 1. The number of nitrogens with zero attached hydrogens (tertiary/aromatic N) is 3. The monoisotopic (exact) mass is 575 g/mol. The molecule has 3 heterocycles. The van der Waals surface area contributed by atoms with Gasteiger partial charge in [-0.3, -0.25) is 14.7 Å². The van der Waals surface area contributed by atoms with Crippen molar-refractivity contribution in [1.82, 2.24) is 20.5 Å². The van der Waals surface area contributed by atoms with E-state index in [0.717, 1.165) is 31.7 Å². The summed E-state index contributed by atoms with van der Waals surface area (Å²) < 4.78 is 1.08. The summed E-state index contributed by atoms with van der Waals surface area (Å²) in [4.78, 5) is 31.8. The van der Waals surface area contributed by atoms with Crippen molar-refractivity contribution >= 4 is 61.1 Å². The third-order valence-electron chi connectivity index (χ3n) is 5.53. The fourth-order valence-corrected chi connectivity index (χ4v) is 4.61. The van der Waals surface area contributed by atoms with Crippen LogP contribution >= 0.6 is 31.9 Å². The summed E-state index contributed by atoms with van der Waals surface area (Å²) >= 11 is 6.73. The normalized spacial score (nSPS) is 14.2.